The van der Waals surface area contributed by atoms with Crippen molar-refractivity contribution >= 4 is 0 Å². The van der Waals surface area contributed by atoms with Crippen LogP contribution in [-0.4, -0.2) is 16.7 Å². The zero-order chi connectivity index (χ0) is 15.1. The third kappa shape index (κ3) is 4.37. The number of rotatable bonds is 5. The van der Waals surface area contributed by atoms with Gasteiger partial charge in [0, 0.05) is 0 Å². The SMILES string of the molecule is CCNC(/C1=C/CCCCCC1)c1cc(C)nnc1CC. The second-order valence-electron chi connectivity index (χ2n) is 5.96. The highest BCUT2D eigenvalue weighted by atomic mass is 15.1. The second-order valence-corrected chi connectivity index (χ2v) is 5.96. The summed E-state index contributed by atoms with van der Waals surface area (Å²) in [6, 6.07) is 2.54. The fourth-order valence-corrected chi connectivity index (χ4v) is 3.18. The van der Waals surface area contributed by atoms with Crippen molar-refractivity contribution in [2.75, 3.05) is 6.54 Å². The van der Waals surface area contributed by atoms with Crippen molar-refractivity contribution in [3.05, 3.63) is 34.7 Å². The molecule has 21 heavy (non-hydrogen) atoms. The molecular formula is C18H29N3. The molecule has 0 amide bonds. The lowest BCUT2D eigenvalue weighted by Crippen LogP contribution is -2.25. The van der Waals surface area contributed by atoms with E-state index in [4.69, 9.17) is 0 Å². The lowest BCUT2D eigenvalue weighted by molar-refractivity contribution is 0.548. The molecule has 1 N–H and O–H groups in total. The van der Waals surface area contributed by atoms with Crippen molar-refractivity contribution in [3.8, 4) is 0 Å². The minimum Gasteiger partial charge on any atom is -0.307 e. The molecule has 1 aromatic rings. The molecule has 2 rings (SSSR count). The molecule has 3 nitrogen and oxygen atoms in total. The number of likely N-dealkylation sites (N-methyl/N-ethyl adjacent to an activating group) is 1. The average molecular weight is 287 g/mol. The maximum Gasteiger partial charge on any atom is 0.0679 e. The van der Waals surface area contributed by atoms with E-state index in [1.165, 1.54) is 44.1 Å². The van der Waals surface area contributed by atoms with Crippen LogP contribution < -0.4 is 5.32 Å². The third-order valence-corrected chi connectivity index (χ3v) is 4.28. The standard InChI is InChI=1S/C18H29N3/c1-4-17-16(13-14(3)20-21-17)18(19-5-2)15-11-9-7-6-8-10-12-15/h11,13,18-19H,4-10,12H2,1-3H3/b15-11+. The first kappa shape index (κ1) is 16.2. The van der Waals surface area contributed by atoms with E-state index in [1.54, 1.807) is 5.57 Å². The van der Waals surface area contributed by atoms with E-state index in [1.807, 2.05) is 6.92 Å². The summed E-state index contributed by atoms with van der Waals surface area (Å²) < 4.78 is 0. The van der Waals surface area contributed by atoms with Crippen molar-refractivity contribution in [3.63, 3.8) is 0 Å². The highest BCUT2D eigenvalue weighted by molar-refractivity contribution is 5.32. The molecule has 0 aromatic carbocycles. The molecule has 1 heterocycles. The summed E-state index contributed by atoms with van der Waals surface area (Å²) in [6.07, 6.45) is 11.2. The van der Waals surface area contributed by atoms with Gasteiger partial charge in [0.15, 0.2) is 0 Å². The van der Waals surface area contributed by atoms with Crippen molar-refractivity contribution in [1.82, 2.24) is 15.5 Å². The Morgan fingerprint density at radius 2 is 1.95 bits per heavy atom. The Balaban J connectivity index is 2.35. The summed E-state index contributed by atoms with van der Waals surface area (Å²) in [5.41, 5.74) is 5.03. The lowest BCUT2D eigenvalue weighted by Gasteiger charge is -2.25. The van der Waals surface area contributed by atoms with Crippen LogP contribution in [0.2, 0.25) is 0 Å². The second kappa shape index (κ2) is 8.28. The Kier molecular flexibility index (Phi) is 6.37. The lowest BCUT2D eigenvalue weighted by atomic mass is 9.89. The minimum absolute atomic E-state index is 0.317. The first-order chi connectivity index (χ1) is 10.3. The van der Waals surface area contributed by atoms with Crippen LogP contribution in [0.5, 0.6) is 0 Å². The van der Waals surface area contributed by atoms with E-state index < -0.39 is 0 Å². The number of allylic oxidation sites excluding steroid dienone is 1. The van der Waals surface area contributed by atoms with Crippen LogP contribution >= 0.6 is 0 Å². The number of nitrogens with zero attached hydrogens (tertiary/aromatic N) is 2. The van der Waals surface area contributed by atoms with Gasteiger partial charge in [-0.2, -0.15) is 10.2 Å². The van der Waals surface area contributed by atoms with Crippen LogP contribution in [-0.2, 0) is 6.42 Å². The Morgan fingerprint density at radius 1 is 1.14 bits per heavy atom. The molecule has 0 aliphatic heterocycles. The summed E-state index contributed by atoms with van der Waals surface area (Å²) in [5.74, 6) is 0. The van der Waals surface area contributed by atoms with Crippen LogP contribution in [0.25, 0.3) is 0 Å². The van der Waals surface area contributed by atoms with Crippen LogP contribution in [0.1, 0.15) is 75.4 Å². The summed E-state index contributed by atoms with van der Waals surface area (Å²) >= 11 is 0. The normalized spacial score (nSPS) is 20.2. The van der Waals surface area contributed by atoms with Crippen LogP contribution in [0, 0.1) is 6.92 Å². The number of aryl methyl sites for hydroxylation is 2. The van der Waals surface area contributed by atoms with Gasteiger partial charge in [-0.1, -0.05) is 38.3 Å². The van der Waals surface area contributed by atoms with Gasteiger partial charge in [-0.15, -0.1) is 0 Å². The average Bonchev–Trinajstić information content (AvgIpc) is 2.45. The quantitative estimate of drug-likeness (QED) is 0.821. The molecule has 0 saturated heterocycles. The Labute approximate surface area is 129 Å². The first-order valence-electron chi connectivity index (χ1n) is 8.51. The number of aromatic nitrogens is 2. The van der Waals surface area contributed by atoms with Gasteiger partial charge >= 0.3 is 0 Å². The van der Waals surface area contributed by atoms with E-state index in [2.05, 4.69) is 41.5 Å². The summed E-state index contributed by atoms with van der Waals surface area (Å²) in [6.45, 7) is 7.36. The monoisotopic (exact) mass is 287 g/mol. The van der Waals surface area contributed by atoms with E-state index in [-0.39, 0.29) is 0 Å². The van der Waals surface area contributed by atoms with E-state index in [0.717, 1.165) is 24.4 Å². The molecule has 3 heteroatoms. The molecule has 1 unspecified atom stereocenters. The number of hydrogen-bond acceptors (Lipinski definition) is 3. The maximum atomic E-state index is 4.42. The van der Waals surface area contributed by atoms with E-state index >= 15 is 0 Å². The van der Waals surface area contributed by atoms with Crippen molar-refractivity contribution in [2.24, 2.45) is 0 Å². The molecule has 0 spiro atoms. The highest BCUT2D eigenvalue weighted by Crippen LogP contribution is 2.30. The Hall–Kier alpha value is -1.22. The van der Waals surface area contributed by atoms with Crippen LogP contribution in [0.4, 0.5) is 0 Å². The van der Waals surface area contributed by atoms with Crippen LogP contribution in [0.15, 0.2) is 17.7 Å². The Bertz CT molecular complexity index is 479. The molecule has 1 atom stereocenters. The van der Waals surface area contributed by atoms with Gasteiger partial charge in [0.05, 0.1) is 17.4 Å². The molecule has 0 saturated carbocycles. The minimum atomic E-state index is 0.317. The van der Waals surface area contributed by atoms with E-state index in [0.29, 0.717) is 6.04 Å². The van der Waals surface area contributed by atoms with Crippen molar-refractivity contribution in [2.45, 2.75) is 71.8 Å². The molecule has 116 valence electrons. The number of hydrogen-bond donors (Lipinski definition) is 1. The maximum absolute atomic E-state index is 4.42. The molecule has 0 radical (unpaired) electrons. The van der Waals surface area contributed by atoms with Gasteiger partial charge in [-0.05, 0) is 57.2 Å². The summed E-state index contributed by atoms with van der Waals surface area (Å²) in [4.78, 5) is 0. The largest absolute Gasteiger partial charge is 0.307 e. The first-order valence-corrected chi connectivity index (χ1v) is 8.51. The van der Waals surface area contributed by atoms with Crippen LogP contribution in [0.3, 0.4) is 0 Å². The predicted octanol–water partition coefficient (Wildman–Crippen LogP) is 4.28. The smallest absolute Gasteiger partial charge is 0.0679 e. The van der Waals surface area contributed by atoms with Gasteiger partial charge in [0.2, 0.25) is 0 Å². The van der Waals surface area contributed by atoms with Gasteiger partial charge in [-0.25, -0.2) is 0 Å². The van der Waals surface area contributed by atoms with Gasteiger partial charge in [0.1, 0.15) is 0 Å². The fourth-order valence-electron chi connectivity index (χ4n) is 3.18. The molecule has 1 aliphatic rings. The van der Waals surface area contributed by atoms with Gasteiger partial charge in [-0.3, -0.25) is 0 Å². The summed E-state index contributed by atoms with van der Waals surface area (Å²) in [7, 11) is 0. The zero-order valence-corrected chi connectivity index (χ0v) is 13.8. The molecule has 0 bridgehead atoms. The van der Waals surface area contributed by atoms with Gasteiger partial charge in [0.25, 0.3) is 0 Å². The third-order valence-electron chi connectivity index (χ3n) is 4.28. The predicted molar refractivity (Wildman–Crippen MR) is 88.3 cm³/mol. The number of nitrogens with one attached hydrogen (secondary N) is 1. The molecular weight excluding hydrogens is 258 g/mol. The van der Waals surface area contributed by atoms with Crippen molar-refractivity contribution in [1.29, 1.82) is 0 Å². The van der Waals surface area contributed by atoms with Gasteiger partial charge < -0.3 is 5.32 Å². The summed E-state index contributed by atoms with van der Waals surface area (Å²) in [5, 5.41) is 12.3. The molecule has 0 fully saturated rings. The van der Waals surface area contributed by atoms with E-state index in [9.17, 15) is 0 Å². The fraction of sp³-hybridized carbons (Fsp3) is 0.667. The zero-order valence-electron chi connectivity index (χ0n) is 13.8. The highest BCUT2D eigenvalue weighted by Gasteiger charge is 2.20. The van der Waals surface area contributed by atoms with Crippen molar-refractivity contribution < 1.29 is 0 Å². The Morgan fingerprint density at radius 3 is 2.71 bits per heavy atom. The topological polar surface area (TPSA) is 37.8 Å². The molecule has 1 aromatic heterocycles. The molecule has 1 aliphatic carbocycles.